The normalized spacial score (nSPS) is 16.1. The molecule has 20 heavy (non-hydrogen) atoms. The van der Waals surface area contributed by atoms with E-state index in [-0.39, 0.29) is 11.7 Å². The van der Waals surface area contributed by atoms with Crippen molar-refractivity contribution >= 4 is 22.6 Å². The number of aromatic nitrogens is 1. The van der Waals surface area contributed by atoms with Crippen LogP contribution in [0.1, 0.15) is 23.2 Å². The van der Waals surface area contributed by atoms with Crippen molar-refractivity contribution in [2.24, 2.45) is 5.92 Å². The number of fused-ring (bicyclic) bond motifs is 1. The first-order valence-corrected chi connectivity index (χ1v) is 6.70. The maximum atomic E-state index is 11.2. The summed E-state index contributed by atoms with van der Waals surface area (Å²) in [5, 5.41) is 23.6. The minimum absolute atomic E-state index is 0.189. The zero-order chi connectivity index (χ0) is 14.1. The van der Waals surface area contributed by atoms with Crippen molar-refractivity contribution in [1.29, 1.82) is 0 Å². The third-order valence-corrected chi connectivity index (χ3v) is 3.67. The molecule has 1 unspecified atom stereocenters. The molecule has 1 aromatic heterocycles. The van der Waals surface area contributed by atoms with Gasteiger partial charge in [0.25, 0.3) is 0 Å². The van der Waals surface area contributed by atoms with Crippen molar-refractivity contribution in [2.75, 3.05) is 11.9 Å². The molecule has 1 saturated carbocycles. The molecule has 0 bridgehead atoms. The molecule has 1 aliphatic rings. The first-order valence-electron chi connectivity index (χ1n) is 6.70. The van der Waals surface area contributed by atoms with Gasteiger partial charge in [0.2, 0.25) is 0 Å². The van der Waals surface area contributed by atoms with E-state index in [1.54, 1.807) is 12.1 Å². The van der Waals surface area contributed by atoms with Gasteiger partial charge in [-0.3, -0.25) is 0 Å². The first kappa shape index (κ1) is 12.9. The zero-order valence-electron chi connectivity index (χ0n) is 10.9. The number of carboxylic acids is 1. The van der Waals surface area contributed by atoms with Crippen molar-refractivity contribution in [3.05, 3.63) is 36.0 Å². The number of pyridine rings is 1. The molecule has 1 fully saturated rings. The van der Waals surface area contributed by atoms with Crippen molar-refractivity contribution in [1.82, 2.24) is 4.98 Å². The molecule has 0 amide bonds. The van der Waals surface area contributed by atoms with Gasteiger partial charge in [0.15, 0.2) is 0 Å². The molecule has 0 spiro atoms. The van der Waals surface area contributed by atoms with Gasteiger partial charge in [-0.15, -0.1) is 0 Å². The van der Waals surface area contributed by atoms with Crippen LogP contribution in [0.25, 0.3) is 10.8 Å². The summed E-state index contributed by atoms with van der Waals surface area (Å²) in [7, 11) is 0. The number of aromatic carboxylic acids is 1. The Hall–Kier alpha value is -2.14. The van der Waals surface area contributed by atoms with Gasteiger partial charge in [-0.05, 0) is 18.8 Å². The van der Waals surface area contributed by atoms with E-state index in [4.69, 9.17) is 0 Å². The lowest BCUT2D eigenvalue weighted by Gasteiger charge is -2.13. The van der Waals surface area contributed by atoms with Crippen molar-refractivity contribution in [3.8, 4) is 0 Å². The fraction of sp³-hybridized carbons (Fsp3) is 0.333. The van der Waals surface area contributed by atoms with Crippen molar-refractivity contribution in [2.45, 2.75) is 18.9 Å². The molecule has 2 aromatic rings. The van der Waals surface area contributed by atoms with Crippen LogP contribution in [0, 0.1) is 5.92 Å². The second kappa shape index (κ2) is 5.09. The summed E-state index contributed by atoms with van der Waals surface area (Å²) in [5.74, 6) is 0.0237. The lowest BCUT2D eigenvalue weighted by Crippen LogP contribution is -2.22. The van der Waals surface area contributed by atoms with Gasteiger partial charge in [0.1, 0.15) is 5.82 Å². The standard InChI is InChI=1S/C15H16N2O3/c18-13(9-5-6-9)8-17-14-11-4-2-1-3-10(11)12(7-16-14)15(19)20/h1-4,7,9,13,18H,5-6,8H2,(H,16,17)(H,19,20). The van der Waals surface area contributed by atoms with E-state index < -0.39 is 5.97 Å². The molecular formula is C15H16N2O3. The lowest BCUT2D eigenvalue weighted by molar-refractivity contribution is 0.0698. The summed E-state index contributed by atoms with van der Waals surface area (Å²) >= 11 is 0. The van der Waals surface area contributed by atoms with Crippen LogP contribution in [0.15, 0.2) is 30.5 Å². The largest absolute Gasteiger partial charge is 0.478 e. The minimum Gasteiger partial charge on any atom is -0.478 e. The molecule has 104 valence electrons. The third-order valence-electron chi connectivity index (χ3n) is 3.67. The van der Waals surface area contributed by atoms with Gasteiger partial charge in [0, 0.05) is 23.5 Å². The summed E-state index contributed by atoms with van der Waals surface area (Å²) in [4.78, 5) is 15.4. The Morgan fingerprint density at radius 2 is 2.05 bits per heavy atom. The van der Waals surface area contributed by atoms with Crippen LogP contribution >= 0.6 is 0 Å². The number of carbonyl (C=O) groups is 1. The highest BCUT2D eigenvalue weighted by molar-refractivity contribution is 6.06. The number of hydrogen-bond acceptors (Lipinski definition) is 4. The molecule has 5 nitrogen and oxygen atoms in total. The first-order chi connectivity index (χ1) is 9.66. The maximum absolute atomic E-state index is 11.2. The van der Waals surface area contributed by atoms with Crippen LogP contribution < -0.4 is 5.32 Å². The Bertz CT molecular complexity index is 653. The Morgan fingerprint density at radius 1 is 1.35 bits per heavy atom. The topological polar surface area (TPSA) is 82.5 Å². The Kier molecular flexibility index (Phi) is 3.28. The van der Waals surface area contributed by atoms with Crippen LogP contribution in [0.4, 0.5) is 5.82 Å². The van der Waals surface area contributed by atoms with Gasteiger partial charge in [-0.2, -0.15) is 0 Å². The highest BCUT2D eigenvalue weighted by Crippen LogP contribution is 2.33. The van der Waals surface area contributed by atoms with Crippen LogP contribution in [-0.4, -0.2) is 33.8 Å². The number of rotatable bonds is 5. The predicted octanol–water partition coefficient (Wildman–Crippen LogP) is 2.12. The minimum atomic E-state index is -0.988. The van der Waals surface area contributed by atoms with Gasteiger partial charge in [-0.1, -0.05) is 24.3 Å². The smallest absolute Gasteiger partial charge is 0.337 e. The third kappa shape index (κ3) is 2.44. The fourth-order valence-corrected chi connectivity index (χ4v) is 2.35. The van der Waals surface area contributed by atoms with E-state index in [9.17, 15) is 15.0 Å². The lowest BCUT2D eigenvalue weighted by atomic mass is 10.1. The van der Waals surface area contributed by atoms with Crippen LogP contribution in [-0.2, 0) is 0 Å². The SMILES string of the molecule is O=C(O)c1cnc(NCC(O)C2CC2)c2ccccc12. The van der Waals surface area contributed by atoms with Gasteiger partial charge in [0.05, 0.1) is 11.7 Å². The van der Waals surface area contributed by atoms with Crippen LogP contribution in [0.2, 0.25) is 0 Å². The second-order valence-electron chi connectivity index (χ2n) is 5.16. The molecule has 1 aliphatic carbocycles. The number of aliphatic hydroxyl groups excluding tert-OH is 1. The average Bonchev–Trinajstić information content (AvgIpc) is 3.28. The molecule has 1 aromatic carbocycles. The summed E-state index contributed by atoms with van der Waals surface area (Å²) in [6, 6.07) is 7.25. The maximum Gasteiger partial charge on any atom is 0.337 e. The van der Waals surface area contributed by atoms with Crippen molar-refractivity contribution < 1.29 is 15.0 Å². The average molecular weight is 272 g/mol. The molecule has 1 atom stereocenters. The van der Waals surface area contributed by atoms with Gasteiger partial charge >= 0.3 is 5.97 Å². The highest BCUT2D eigenvalue weighted by atomic mass is 16.4. The molecule has 3 N–H and O–H groups in total. The monoisotopic (exact) mass is 272 g/mol. The summed E-state index contributed by atoms with van der Waals surface area (Å²) in [5.41, 5.74) is 0.189. The zero-order valence-corrected chi connectivity index (χ0v) is 10.9. The molecular weight excluding hydrogens is 256 g/mol. The van der Waals surface area contributed by atoms with Crippen LogP contribution in [0.3, 0.4) is 0 Å². The predicted molar refractivity (Wildman–Crippen MR) is 75.9 cm³/mol. The summed E-state index contributed by atoms with van der Waals surface area (Å²) in [6.45, 7) is 0.439. The van der Waals surface area contributed by atoms with Crippen molar-refractivity contribution in [3.63, 3.8) is 0 Å². The number of aliphatic hydroxyl groups is 1. The number of anilines is 1. The molecule has 0 aliphatic heterocycles. The van der Waals surface area contributed by atoms with E-state index >= 15 is 0 Å². The number of nitrogens with one attached hydrogen (secondary N) is 1. The Balaban J connectivity index is 1.91. The molecule has 1 heterocycles. The fourth-order valence-electron chi connectivity index (χ4n) is 2.35. The number of benzene rings is 1. The molecule has 5 heteroatoms. The summed E-state index contributed by atoms with van der Waals surface area (Å²) < 4.78 is 0. The van der Waals surface area contributed by atoms with Gasteiger partial charge in [-0.25, -0.2) is 9.78 Å². The quantitative estimate of drug-likeness (QED) is 0.776. The number of carboxylic acid groups (broad SMARTS) is 1. The van der Waals surface area contributed by atoms with Crippen LogP contribution in [0.5, 0.6) is 0 Å². The molecule has 0 radical (unpaired) electrons. The Labute approximate surface area is 116 Å². The van der Waals surface area contributed by atoms with E-state index in [0.29, 0.717) is 23.7 Å². The highest BCUT2D eigenvalue weighted by Gasteiger charge is 2.29. The Morgan fingerprint density at radius 3 is 2.70 bits per heavy atom. The second-order valence-corrected chi connectivity index (χ2v) is 5.16. The molecule has 3 rings (SSSR count). The number of hydrogen-bond donors (Lipinski definition) is 3. The summed E-state index contributed by atoms with van der Waals surface area (Å²) in [6.07, 6.45) is 3.15. The van der Waals surface area contributed by atoms with E-state index in [1.807, 2.05) is 12.1 Å². The van der Waals surface area contributed by atoms with E-state index in [1.165, 1.54) is 6.20 Å². The van der Waals surface area contributed by atoms with E-state index in [2.05, 4.69) is 10.3 Å². The number of nitrogens with zero attached hydrogens (tertiary/aromatic N) is 1. The molecule has 0 saturated heterocycles. The van der Waals surface area contributed by atoms with Gasteiger partial charge < -0.3 is 15.5 Å². The van der Waals surface area contributed by atoms with E-state index in [0.717, 1.165) is 18.2 Å².